The molecule has 1 radical (unpaired) electrons. The zero-order valence-corrected chi connectivity index (χ0v) is 32.7. The third-order valence-electron chi connectivity index (χ3n) is 12.3. The van der Waals surface area contributed by atoms with Crippen molar-refractivity contribution in [2.45, 2.75) is 70.5 Å². The summed E-state index contributed by atoms with van der Waals surface area (Å²) >= 11 is 0. The van der Waals surface area contributed by atoms with E-state index in [2.05, 4.69) is 100 Å². The summed E-state index contributed by atoms with van der Waals surface area (Å²) in [6.45, 7) is 7.59. The Kier molecular flexibility index (Phi) is 11.8. The van der Waals surface area contributed by atoms with Gasteiger partial charge in [-0.1, -0.05) is 67.6 Å². The molecule has 1 atom stereocenters. The highest BCUT2D eigenvalue weighted by molar-refractivity contribution is 6.17. The summed E-state index contributed by atoms with van der Waals surface area (Å²) < 4.78 is 5.19. The molecule has 4 aliphatic heterocycles. The van der Waals surface area contributed by atoms with Crippen LogP contribution in [0.3, 0.4) is 0 Å². The normalized spacial score (nSPS) is 19.6. The lowest BCUT2D eigenvalue weighted by Crippen LogP contribution is -2.52. The third-order valence-corrected chi connectivity index (χ3v) is 12.3. The summed E-state index contributed by atoms with van der Waals surface area (Å²) in [6.07, 6.45) is 5.94. The van der Waals surface area contributed by atoms with Gasteiger partial charge in [0.05, 0.1) is 0 Å². The van der Waals surface area contributed by atoms with E-state index in [4.69, 9.17) is 9.68 Å². The molecule has 0 aromatic heterocycles. The number of fused-ring (bicyclic) bond motifs is 1. The number of hydrogen-bond acceptors (Lipinski definition) is 8. The zero-order chi connectivity index (χ0) is 39.3. The maximum Gasteiger partial charge on any atom is 0.569 e. The van der Waals surface area contributed by atoms with Gasteiger partial charge in [-0.15, -0.1) is 0 Å². The van der Waals surface area contributed by atoms with Crippen molar-refractivity contribution in [1.82, 2.24) is 15.5 Å². The van der Waals surface area contributed by atoms with Gasteiger partial charge in [0.2, 0.25) is 11.8 Å². The first-order valence-electron chi connectivity index (χ1n) is 20.5. The van der Waals surface area contributed by atoms with Crippen LogP contribution in [0.5, 0.6) is 5.75 Å². The van der Waals surface area contributed by atoms with Gasteiger partial charge in [0.25, 0.3) is 5.91 Å². The molecule has 8 rings (SSSR count). The number of amides is 3. The fraction of sp³-hybridized carbons (Fsp3) is 0.370. The van der Waals surface area contributed by atoms with Crippen molar-refractivity contribution < 1.29 is 24.1 Å². The Balaban J connectivity index is 0.830. The summed E-state index contributed by atoms with van der Waals surface area (Å²) in [6, 6.07) is 33.5. The highest BCUT2D eigenvalue weighted by Crippen LogP contribution is 2.37. The van der Waals surface area contributed by atoms with Crippen LogP contribution in [0, 0.1) is 5.92 Å². The molecule has 3 amide bonds. The van der Waals surface area contributed by atoms with Crippen molar-refractivity contribution in [3.05, 3.63) is 125 Å². The van der Waals surface area contributed by atoms with E-state index in [0.717, 1.165) is 81.6 Å². The first-order chi connectivity index (χ1) is 27.9. The third kappa shape index (κ3) is 8.50. The van der Waals surface area contributed by atoms with Crippen molar-refractivity contribution in [3.63, 3.8) is 0 Å². The lowest BCUT2D eigenvalue weighted by atomic mass is 9.88. The molecule has 4 aliphatic rings. The number of imide groups is 1. The molecule has 0 aliphatic carbocycles. The maximum atomic E-state index is 13.4. The average Bonchev–Trinajstić information content (AvgIpc) is 3.58. The molecule has 3 fully saturated rings. The van der Waals surface area contributed by atoms with Gasteiger partial charge in [0, 0.05) is 62.1 Å². The van der Waals surface area contributed by atoms with Gasteiger partial charge in [0.15, 0.2) is 0 Å². The van der Waals surface area contributed by atoms with Gasteiger partial charge in [-0.2, -0.15) is 0 Å². The molecule has 4 heterocycles. The van der Waals surface area contributed by atoms with Crippen LogP contribution in [0.4, 0.5) is 11.4 Å². The predicted molar refractivity (Wildman–Crippen MR) is 225 cm³/mol. The van der Waals surface area contributed by atoms with Gasteiger partial charge < -0.3 is 29.7 Å². The van der Waals surface area contributed by atoms with Gasteiger partial charge in [-0.3, -0.25) is 19.7 Å². The number of nitrogens with zero attached hydrogens (tertiary/aromatic N) is 3. The Hall–Kier alpha value is -5.39. The molecular weight excluding hydrogens is 713 g/mol. The smallest absolute Gasteiger partial charge is 0.537 e. The van der Waals surface area contributed by atoms with E-state index >= 15 is 0 Å². The summed E-state index contributed by atoms with van der Waals surface area (Å²) in [5.41, 5.74) is 9.90. The quantitative estimate of drug-likeness (QED) is 0.0889. The first kappa shape index (κ1) is 38.5. The van der Waals surface area contributed by atoms with E-state index in [1.807, 2.05) is 24.3 Å². The van der Waals surface area contributed by atoms with Gasteiger partial charge in [-0.25, -0.2) is 0 Å². The van der Waals surface area contributed by atoms with E-state index < -0.39 is 6.04 Å². The van der Waals surface area contributed by atoms with Gasteiger partial charge in [0.1, 0.15) is 11.8 Å². The summed E-state index contributed by atoms with van der Waals surface area (Å²) in [5.74, 6) is 0.473. The number of rotatable bonds is 12. The molecule has 0 spiro atoms. The molecule has 0 bridgehead atoms. The van der Waals surface area contributed by atoms with Crippen molar-refractivity contribution in [3.8, 4) is 5.75 Å². The van der Waals surface area contributed by atoms with Crippen molar-refractivity contribution in [1.29, 1.82) is 0 Å². The minimum atomic E-state index is -0.591. The second-order valence-electron chi connectivity index (χ2n) is 15.7. The van der Waals surface area contributed by atoms with E-state index in [1.165, 1.54) is 28.0 Å². The number of carbonyl (C=O) groups is 3. The van der Waals surface area contributed by atoms with Crippen LogP contribution >= 0.6 is 0 Å². The number of hydrogen-bond donors (Lipinski definition) is 3. The first-order valence-corrected chi connectivity index (χ1v) is 20.5. The van der Waals surface area contributed by atoms with Crippen molar-refractivity contribution in [2.24, 2.45) is 5.92 Å². The fourth-order valence-corrected chi connectivity index (χ4v) is 9.09. The predicted octanol–water partition coefficient (Wildman–Crippen LogP) is 6.20. The van der Waals surface area contributed by atoms with Crippen LogP contribution < -0.4 is 25.1 Å². The van der Waals surface area contributed by atoms with Crippen LogP contribution in [-0.2, 0) is 16.1 Å². The molecule has 4 aromatic carbocycles. The Morgan fingerprint density at radius 1 is 0.789 bits per heavy atom. The molecule has 3 N–H and O–H groups in total. The monoisotopic (exact) mass is 764 g/mol. The maximum absolute atomic E-state index is 13.4. The molecule has 10 nitrogen and oxygen atoms in total. The molecular formula is C46H51BN5O5. The van der Waals surface area contributed by atoms with Crippen molar-refractivity contribution in [2.75, 3.05) is 42.5 Å². The Bertz CT molecular complexity index is 2090. The van der Waals surface area contributed by atoms with Crippen LogP contribution in [0.2, 0.25) is 0 Å². The summed E-state index contributed by atoms with van der Waals surface area (Å²) in [5, 5.41) is 15.4. The SMILES string of the molecule is CC/C(=C(\c1ccc(O[B]O)cc1)c1ccc(N2CCC(CNC3CCN(c4ccc5c(c4)C(=O)N(C4CCC(=O)NC4=O)C5)CC3)CC2)cc1)c1ccccc1. The number of anilines is 2. The van der Waals surface area contributed by atoms with E-state index in [1.54, 1.807) is 4.90 Å². The molecule has 57 heavy (non-hydrogen) atoms. The largest absolute Gasteiger partial charge is 0.569 e. The van der Waals surface area contributed by atoms with Crippen molar-refractivity contribution >= 4 is 47.9 Å². The van der Waals surface area contributed by atoms with Crippen LogP contribution in [0.25, 0.3) is 11.1 Å². The van der Waals surface area contributed by atoms with E-state index in [9.17, 15) is 14.4 Å². The summed E-state index contributed by atoms with van der Waals surface area (Å²) in [4.78, 5) is 43.9. The highest BCUT2D eigenvalue weighted by Gasteiger charge is 2.39. The van der Waals surface area contributed by atoms with E-state index in [0.29, 0.717) is 43.9 Å². The van der Waals surface area contributed by atoms with Gasteiger partial charge >= 0.3 is 7.69 Å². The molecule has 0 saturated carbocycles. The standard InChI is InChI=1S/C46H51BN5O5/c1-2-40(32-6-4-3-5-7-32)44(34-11-16-39(17-12-34)57-47-56)33-8-13-37(14-9-33)50-24-20-31(21-25-50)29-48-36-22-26-51(27-23-36)38-15-10-35-30-52(46(55)41(35)28-38)42-18-19-43(53)49-45(42)54/h3-17,28,31,36,42,48,56H,2,18-27,29-30H2,1H3,(H,49,53,54)/b44-40+. The fourth-order valence-electron chi connectivity index (χ4n) is 9.09. The van der Waals surface area contributed by atoms with Crippen LogP contribution in [0.1, 0.15) is 84.5 Å². The molecule has 293 valence electrons. The minimum absolute atomic E-state index is 0.121. The second-order valence-corrected chi connectivity index (χ2v) is 15.7. The van der Waals surface area contributed by atoms with E-state index in [-0.39, 0.29) is 24.1 Å². The molecule has 3 saturated heterocycles. The minimum Gasteiger partial charge on any atom is -0.537 e. The number of allylic oxidation sites excluding steroid dienone is 1. The zero-order valence-electron chi connectivity index (χ0n) is 32.7. The number of benzene rings is 4. The molecule has 11 heteroatoms. The Morgan fingerprint density at radius 3 is 2.11 bits per heavy atom. The Labute approximate surface area is 336 Å². The number of nitrogens with one attached hydrogen (secondary N) is 2. The van der Waals surface area contributed by atoms with Gasteiger partial charge in [-0.05, 0) is 121 Å². The Morgan fingerprint density at radius 2 is 1.44 bits per heavy atom. The highest BCUT2D eigenvalue weighted by atomic mass is 16.5. The molecule has 1 unspecified atom stereocenters. The second kappa shape index (κ2) is 17.4. The average molecular weight is 765 g/mol. The lowest BCUT2D eigenvalue weighted by Gasteiger charge is -2.37. The number of piperidine rings is 3. The molecule has 4 aromatic rings. The topological polar surface area (TPSA) is 114 Å². The number of carbonyl (C=O) groups excluding carboxylic acids is 3. The summed E-state index contributed by atoms with van der Waals surface area (Å²) in [7, 11) is 0.710. The van der Waals surface area contributed by atoms with Crippen LogP contribution in [-0.4, -0.2) is 80.1 Å². The lowest BCUT2D eigenvalue weighted by molar-refractivity contribution is -0.136. The van der Waals surface area contributed by atoms with Crippen LogP contribution in [0.15, 0.2) is 97.1 Å².